The molecule has 1 aliphatic carbocycles. The molecule has 2 aromatic carbocycles. The maximum Gasteiger partial charge on any atom is 0.490 e. The second-order valence-corrected chi connectivity index (χ2v) is 9.56. The normalized spacial score (nSPS) is 17.6. The summed E-state index contributed by atoms with van der Waals surface area (Å²) in [5.41, 5.74) is 6.84. The largest absolute Gasteiger partial charge is 0.490 e. The van der Waals surface area contributed by atoms with Gasteiger partial charge < -0.3 is 10.4 Å². The van der Waals surface area contributed by atoms with Crippen LogP contribution in [0.2, 0.25) is 0 Å². The van der Waals surface area contributed by atoms with E-state index in [0.29, 0.717) is 11.5 Å². The fourth-order valence-electron chi connectivity index (χ4n) is 4.13. The number of hydrogen-bond acceptors (Lipinski definition) is 3. The first-order chi connectivity index (χ1) is 16.0. The summed E-state index contributed by atoms with van der Waals surface area (Å²) in [6.07, 6.45) is 5.12. The molecular formula is C27H31F3N2O2. The zero-order chi connectivity index (χ0) is 24.8. The van der Waals surface area contributed by atoms with Crippen molar-refractivity contribution in [3.8, 4) is 11.1 Å². The van der Waals surface area contributed by atoms with Crippen molar-refractivity contribution in [2.24, 2.45) is 10.4 Å². The molecule has 0 atom stereocenters. The molecule has 1 fully saturated rings. The number of rotatable bonds is 5. The van der Waals surface area contributed by atoms with Crippen molar-refractivity contribution in [1.29, 1.82) is 0 Å². The second-order valence-electron chi connectivity index (χ2n) is 9.56. The van der Waals surface area contributed by atoms with Gasteiger partial charge in [0.1, 0.15) is 0 Å². The molecule has 4 nitrogen and oxygen atoms in total. The number of carboxylic acids is 1. The lowest BCUT2D eigenvalue weighted by Crippen LogP contribution is -2.35. The Labute approximate surface area is 198 Å². The molecule has 1 heterocycles. The lowest BCUT2D eigenvalue weighted by atomic mass is 9.75. The van der Waals surface area contributed by atoms with E-state index in [4.69, 9.17) is 9.90 Å². The molecule has 182 valence electrons. The fourth-order valence-corrected chi connectivity index (χ4v) is 4.13. The van der Waals surface area contributed by atoms with E-state index < -0.39 is 12.1 Å². The number of carboxylic acid groups (broad SMARTS) is 1. The van der Waals surface area contributed by atoms with Crippen molar-refractivity contribution in [2.45, 2.75) is 64.7 Å². The van der Waals surface area contributed by atoms with Gasteiger partial charge in [-0.1, -0.05) is 62.4 Å². The standard InChI is InChI=1S/C25H30N2.C2HF3O2/c1-25(2)14-12-23(13-15-25)27-18-19-5-3-6-22(17-19)20-8-10-21(11-9-20)24-7-4-16-26-24;3-2(4,5)1(6)7/h3-6,8-11,16-17,23,27H,7,12-15,18H2,1-2H3;(H,6,7). The Morgan fingerprint density at radius 2 is 1.68 bits per heavy atom. The van der Waals surface area contributed by atoms with Gasteiger partial charge in [0.2, 0.25) is 0 Å². The number of nitrogens with zero attached hydrogens (tertiary/aromatic N) is 1. The smallest absolute Gasteiger partial charge is 0.475 e. The monoisotopic (exact) mass is 472 g/mol. The molecular weight excluding hydrogens is 441 g/mol. The van der Waals surface area contributed by atoms with Gasteiger partial charge >= 0.3 is 12.1 Å². The van der Waals surface area contributed by atoms with Crippen molar-refractivity contribution < 1.29 is 23.1 Å². The number of alkyl halides is 3. The third kappa shape index (κ3) is 7.55. The van der Waals surface area contributed by atoms with E-state index in [1.807, 2.05) is 6.20 Å². The summed E-state index contributed by atoms with van der Waals surface area (Å²) in [5, 5.41) is 10.9. The quantitative estimate of drug-likeness (QED) is 0.506. The molecule has 7 heteroatoms. The van der Waals surface area contributed by atoms with Crippen molar-refractivity contribution in [3.63, 3.8) is 0 Å². The van der Waals surface area contributed by atoms with Crippen LogP contribution in [0.4, 0.5) is 13.2 Å². The first-order valence-electron chi connectivity index (χ1n) is 11.5. The van der Waals surface area contributed by atoms with Crippen molar-refractivity contribution in [3.05, 3.63) is 71.9 Å². The minimum atomic E-state index is -5.08. The van der Waals surface area contributed by atoms with E-state index in [9.17, 15) is 13.2 Å². The molecule has 0 radical (unpaired) electrons. The molecule has 1 saturated carbocycles. The zero-order valence-electron chi connectivity index (χ0n) is 19.5. The summed E-state index contributed by atoms with van der Waals surface area (Å²) in [5.74, 6) is -2.76. The van der Waals surface area contributed by atoms with E-state index in [0.717, 1.165) is 18.7 Å². The molecule has 2 N–H and O–H groups in total. The van der Waals surface area contributed by atoms with Gasteiger partial charge in [-0.2, -0.15) is 13.2 Å². The van der Waals surface area contributed by atoms with Gasteiger partial charge in [-0.15, -0.1) is 0 Å². The van der Waals surface area contributed by atoms with E-state index >= 15 is 0 Å². The van der Waals surface area contributed by atoms with Crippen LogP contribution in [-0.2, 0) is 11.3 Å². The van der Waals surface area contributed by atoms with E-state index in [1.165, 1.54) is 47.9 Å². The Hall–Kier alpha value is -2.93. The molecule has 0 aromatic heterocycles. The van der Waals surface area contributed by atoms with Crippen LogP contribution in [0, 0.1) is 5.41 Å². The van der Waals surface area contributed by atoms with E-state index in [1.54, 1.807) is 0 Å². The summed E-state index contributed by atoms with van der Waals surface area (Å²) in [7, 11) is 0. The zero-order valence-corrected chi connectivity index (χ0v) is 19.5. The highest BCUT2D eigenvalue weighted by Crippen LogP contribution is 2.35. The van der Waals surface area contributed by atoms with Gasteiger partial charge in [-0.05, 0) is 59.4 Å². The van der Waals surface area contributed by atoms with Crippen LogP contribution >= 0.6 is 0 Å². The van der Waals surface area contributed by atoms with Gasteiger partial charge in [0.05, 0.1) is 5.71 Å². The second kappa shape index (κ2) is 11.0. The SMILES string of the molecule is CC1(C)CCC(NCc2cccc(-c3ccc(C4=NC=CC4)cc3)c2)CC1.O=C(O)C(F)(F)F. The minimum Gasteiger partial charge on any atom is -0.475 e. The number of aliphatic carboxylic acids is 1. The molecule has 1 aliphatic heterocycles. The molecule has 0 unspecified atom stereocenters. The maximum atomic E-state index is 10.6. The lowest BCUT2D eigenvalue weighted by molar-refractivity contribution is -0.192. The molecule has 2 aromatic rings. The summed E-state index contributed by atoms with van der Waals surface area (Å²) < 4.78 is 31.7. The number of carbonyl (C=O) groups is 1. The summed E-state index contributed by atoms with van der Waals surface area (Å²) >= 11 is 0. The predicted molar refractivity (Wildman–Crippen MR) is 129 cm³/mol. The van der Waals surface area contributed by atoms with Crippen LogP contribution in [0.3, 0.4) is 0 Å². The molecule has 2 aliphatic rings. The van der Waals surface area contributed by atoms with Crippen LogP contribution in [0.5, 0.6) is 0 Å². The number of nitrogens with one attached hydrogen (secondary N) is 1. The van der Waals surface area contributed by atoms with E-state index in [-0.39, 0.29) is 0 Å². The number of aliphatic imine (C=N–C) groups is 1. The van der Waals surface area contributed by atoms with Crippen LogP contribution < -0.4 is 5.32 Å². The fraction of sp³-hybridized carbons (Fsp3) is 0.407. The van der Waals surface area contributed by atoms with Gasteiger partial charge in [0.15, 0.2) is 0 Å². The highest BCUT2D eigenvalue weighted by molar-refractivity contribution is 6.03. The average molecular weight is 473 g/mol. The van der Waals surface area contributed by atoms with Gasteiger partial charge in [0.25, 0.3) is 0 Å². The molecule has 4 rings (SSSR count). The van der Waals surface area contributed by atoms with Gasteiger partial charge in [-0.3, -0.25) is 4.99 Å². The Morgan fingerprint density at radius 1 is 1.06 bits per heavy atom. The number of hydrogen-bond donors (Lipinski definition) is 2. The lowest BCUT2D eigenvalue weighted by Gasteiger charge is -2.34. The Balaban J connectivity index is 0.000000406. The Kier molecular flexibility index (Phi) is 8.31. The van der Waals surface area contributed by atoms with Gasteiger partial charge in [-0.25, -0.2) is 4.79 Å². The summed E-state index contributed by atoms with van der Waals surface area (Å²) in [6, 6.07) is 18.4. The van der Waals surface area contributed by atoms with Crippen LogP contribution in [0.25, 0.3) is 11.1 Å². The molecule has 0 bridgehead atoms. The third-order valence-electron chi connectivity index (χ3n) is 6.30. The number of halogens is 3. The molecule has 34 heavy (non-hydrogen) atoms. The van der Waals surface area contributed by atoms with Crippen molar-refractivity contribution in [2.75, 3.05) is 0 Å². The highest BCUT2D eigenvalue weighted by Gasteiger charge is 2.38. The summed E-state index contributed by atoms with van der Waals surface area (Å²) in [4.78, 5) is 13.3. The molecule has 0 spiro atoms. The average Bonchev–Trinajstić information content (AvgIpc) is 3.34. The Morgan fingerprint density at radius 3 is 2.24 bits per heavy atom. The minimum absolute atomic E-state index is 0.532. The number of benzene rings is 2. The van der Waals surface area contributed by atoms with Crippen LogP contribution in [0.1, 0.15) is 57.1 Å². The maximum absolute atomic E-state index is 10.6. The summed E-state index contributed by atoms with van der Waals surface area (Å²) in [6.45, 7) is 5.75. The highest BCUT2D eigenvalue weighted by atomic mass is 19.4. The topological polar surface area (TPSA) is 61.7 Å². The molecule has 0 saturated heterocycles. The first kappa shape index (κ1) is 25.7. The van der Waals surface area contributed by atoms with E-state index in [2.05, 4.69) is 78.8 Å². The number of allylic oxidation sites excluding steroid dienone is 1. The van der Waals surface area contributed by atoms with Gasteiger partial charge in [0, 0.05) is 25.2 Å². The first-order valence-corrected chi connectivity index (χ1v) is 11.5. The predicted octanol–water partition coefficient (Wildman–Crippen LogP) is 6.75. The van der Waals surface area contributed by atoms with Crippen molar-refractivity contribution in [1.82, 2.24) is 5.32 Å². The third-order valence-corrected chi connectivity index (χ3v) is 6.30. The van der Waals surface area contributed by atoms with Crippen LogP contribution in [-0.4, -0.2) is 29.0 Å². The Bertz CT molecular complexity index is 1030. The molecule has 0 amide bonds. The van der Waals surface area contributed by atoms with Crippen molar-refractivity contribution >= 4 is 11.7 Å². The van der Waals surface area contributed by atoms with Crippen LogP contribution in [0.15, 0.2) is 65.8 Å².